The van der Waals surface area contributed by atoms with Crippen LogP contribution in [0, 0.1) is 17.7 Å². The normalized spacial score (nSPS) is 26.2. The van der Waals surface area contributed by atoms with Gasteiger partial charge in [-0.15, -0.1) is 0 Å². The number of rotatable bonds is 7. The van der Waals surface area contributed by atoms with Gasteiger partial charge in [0, 0.05) is 49.8 Å². The Morgan fingerprint density at radius 3 is 2.53 bits per heavy atom. The molecule has 10 heteroatoms. The Bertz CT molecular complexity index is 1160. The van der Waals surface area contributed by atoms with Crippen molar-refractivity contribution in [1.82, 2.24) is 0 Å². The van der Waals surface area contributed by atoms with Crippen LogP contribution in [0.5, 0.6) is 11.5 Å². The minimum absolute atomic E-state index is 0.0314. The summed E-state index contributed by atoms with van der Waals surface area (Å²) in [6.07, 6.45) is -4.71. The lowest BCUT2D eigenvalue weighted by Gasteiger charge is -2.38. The number of anilines is 2. The second-order valence-electron chi connectivity index (χ2n) is 9.46. The second kappa shape index (κ2) is 10.4. The summed E-state index contributed by atoms with van der Waals surface area (Å²) in [5, 5.41) is 9.16. The highest BCUT2D eigenvalue weighted by molar-refractivity contribution is 5.69. The van der Waals surface area contributed by atoms with Gasteiger partial charge in [0.2, 0.25) is 0 Å². The van der Waals surface area contributed by atoms with E-state index in [9.17, 15) is 22.4 Å². The number of carbonyl (C=O) groups is 1. The maximum absolute atomic E-state index is 14.5. The average Bonchev–Trinajstić information content (AvgIpc) is 3.25. The Morgan fingerprint density at radius 1 is 1.17 bits per heavy atom. The molecular weight excluding hydrogens is 480 g/mol. The lowest BCUT2D eigenvalue weighted by Crippen LogP contribution is -2.44. The standard InChI is InChI=1S/C26H30F4N2O4/c1-16-14-31(23-13-21(35-2)7-8-22(23)27)10-9-24(16)36-20-5-3-18(4-6-20)32-15-17(26(28,29)30)11-19(32)12-25(33)34/h3-8,13,16-17,19,24H,9-12,14-15H2,1-2H3,(H,33,34)/t16?,17-,19-,24?/m1/s1/i2D3. The second-order valence-corrected chi connectivity index (χ2v) is 9.46. The summed E-state index contributed by atoms with van der Waals surface area (Å²) < 4.78 is 87.3. The monoisotopic (exact) mass is 513 g/mol. The molecule has 4 atom stereocenters. The molecule has 2 unspecified atom stereocenters. The predicted octanol–water partition coefficient (Wildman–Crippen LogP) is 5.36. The first kappa shape index (κ1) is 22.1. The smallest absolute Gasteiger partial charge is 0.393 e. The first-order valence-corrected chi connectivity index (χ1v) is 11.7. The van der Waals surface area contributed by atoms with Crippen molar-refractivity contribution in [3.63, 3.8) is 0 Å². The van der Waals surface area contributed by atoms with E-state index in [1.54, 1.807) is 24.3 Å². The van der Waals surface area contributed by atoms with Crippen molar-refractivity contribution >= 4 is 17.3 Å². The molecule has 6 nitrogen and oxygen atoms in total. The van der Waals surface area contributed by atoms with Crippen molar-refractivity contribution < 1.29 is 41.0 Å². The van der Waals surface area contributed by atoms with E-state index in [4.69, 9.17) is 18.7 Å². The van der Waals surface area contributed by atoms with E-state index in [0.29, 0.717) is 30.9 Å². The van der Waals surface area contributed by atoms with E-state index in [2.05, 4.69) is 0 Å². The van der Waals surface area contributed by atoms with E-state index in [1.807, 2.05) is 11.8 Å². The van der Waals surface area contributed by atoms with Crippen molar-refractivity contribution in [2.45, 2.75) is 44.5 Å². The number of piperidine rings is 1. The largest absolute Gasteiger partial charge is 0.497 e. The molecular formula is C26H30F4N2O4. The summed E-state index contributed by atoms with van der Waals surface area (Å²) in [5.41, 5.74) is 0.739. The SMILES string of the molecule is [2H]C([2H])([2H])Oc1ccc(F)c(N2CCC(Oc3ccc(N4C[C@H](C(F)(F)F)C[C@@H]4CC(=O)O)cc3)C(C)C2)c1. The molecule has 0 amide bonds. The van der Waals surface area contributed by atoms with Gasteiger partial charge in [-0.3, -0.25) is 4.79 Å². The highest BCUT2D eigenvalue weighted by Gasteiger charge is 2.48. The van der Waals surface area contributed by atoms with E-state index in [-0.39, 0.29) is 42.8 Å². The summed E-state index contributed by atoms with van der Waals surface area (Å²) in [6, 6.07) is 9.63. The van der Waals surface area contributed by atoms with E-state index < -0.39 is 37.0 Å². The van der Waals surface area contributed by atoms with E-state index >= 15 is 0 Å². The third-order valence-corrected chi connectivity index (χ3v) is 6.95. The highest BCUT2D eigenvalue weighted by Crippen LogP contribution is 2.40. The molecule has 2 saturated heterocycles. The van der Waals surface area contributed by atoms with Crippen LogP contribution in [-0.4, -0.2) is 56.1 Å². The molecule has 2 aliphatic heterocycles. The first-order valence-electron chi connectivity index (χ1n) is 13.2. The molecule has 0 spiro atoms. The topological polar surface area (TPSA) is 62.2 Å². The van der Waals surface area contributed by atoms with Gasteiger partial charge in [-0.2, -0.15) is 13.2 Å². The maximum atomic E-state index is 14.5. The molecule has 2 heterocycles. The molecule has 2 aromatic rings. The lowest BCUT2D eigenvalue weighted by molar-refractivity contribution is -0.169. The Kier molecular flexibility index (Phi) is 6.40. The van der Waals surface area contributed by atoms with Crippen molar-refractivity contribution in [3.05, 3.63) is 48.3 Å². The van der Waals surface area contributed by atoms with Crippen molar-refractivity contribution in [2.24, 2.45) is 11.8 Å². The van der Waals surface area contributed by atoms with Crippen LogP contribution in [0.3, 0.4) is 0 Å². The van der Waals surface area contributed by atoms with Crippen molar-refractivity contribution in [1.29, 1.82) is 0 Å². The number of hydrogen-bond donors (Lipinski definition) is 1. The first-order chi connectivity index (χ1) is 18.2. The van der Waals surface area contributed by atoms with Gasteiger partial charge in [-0.1, -0.05) is 6.92 Å². The van der Waals surface area contributed by atoms with Gasteiger partial charge in [0.15, 0.2) is 0 Å². The Labute approximate surface area is 211 Å². The number of carboxylic acids is 1. The number of nitrogens with zero attached hydrogens (tertiary/aromatic N) is 2. The number of methoxy groups -OCH3 is 1. The van der Waals surface area contributed by atoms with Gasteiger partial charge in [-0.25, -0.2) is 4.39 Å². The Balaban J connectivity index is 1.39. The molecule has 2 aromatic carbocycles. The van der Waals surface area contributed by atoms with E-state index in [1.165, 1.54) is 23.1 Å². The zero-order valence-electron chi connectivity index (χ0n) is 22.7. The van der Waals surface area contributed by atoms with Gasteiger partial charge in [0.25, 0.3) is 0 Å². The summed E-state index contributed by atoms with van der Waals surface area (Å²) in [4.78, 5) is 14.5. The van der Waals surface area contributed by atoms with Crippen LogP contribution in [0.15, 0.2) is 42.5 Å². The molecule has 0 bridgehead atoms. The van der Waals surface area contributed by atoms with Gasteiger partial charge >= 0.3 is 12.1 Å². The fourth-order valence-corrected chi connectivity index (χ4v) is 5.07. The van der Waals surface area contributed by atoms with Crippen LogP contribution in [0.1, 0.15) is 30.3 Å². The average molecular weight is 514 g/mol. The quantitative estimate of drug-likeness (QED) is 0.503. The molecule has 0 aliphatic carbocycles. The lowest BCUT2D eigenvalue weighted by atomic mass is 9.95. The minimum atomic E-state index is -4.40. The fraction of sp³-hybridized carbons (Fsp3) is 0.500. The van der Waals surface area contributed by atoms with Crippen LogP contribution < -0.4 is 19.3 Å². The molecule has 0 saturated carbocycles. The Morgan fingerprint density at radius 2 is 1.89 bits per heavy atom. The zero-order valence-corrected chi connectivity index (χ0v) is 19.7. The maximum Gasteiger partial charge on any atom is 0.393 e. The molecule has 4 rings (SSSR count). The summed E-state index contributed by atoms with van der Waals surface area (Å²) in [7, 11) is -2.65. The number of aliphatic carboxylic acids is 1. The number of hydrogen-bond acceptors (Lipinski definition) is 5. The van der Waals surface area contributed by atoms with Crippen LogP contribution in [0.4, 0.5) is 28.9 Å². The molecule has 36 heavy (non-hydrogen) atoms. The summed E-state index contributed by atoms with van der Waals surface area (Å²) in [5.74, 6) is -2.70. The number of halogens is 4. The van der Waals surface area contributed by atoms with Crippen LogP contribution in [-0.2, 0) is 4.79 Å². The fourth-order valence-electron chi connectivity index (χ4n) is 5.07. The third-order valence-electron chi connectivity index (χ3n) is 6.95. The van der Waals surface area contributed by atoms with Gasteiger partial charge < -0.3 is 24.4 Å². The molecule has 0 radical (unpaired) electrons. The summed E-state index contributed by atoms with van der Waals surface area (Å²) >= 11 is 0. The molecule has 2 aliphatic rings. The zero-order chi connectivity index (χ0) is 28.5. The van der Waals surface area contributed by atoms with Crippen molar-refractivity contribution in [2.75, 3.05) is 36.5 Å². The number of carboxylic acid groups (broad SMARTS) is 1. The summed E-state index contributed by atoms with van der Waals surface area (Å²) in [6.45, 7) is 2.54. The molecule has 2 fully saturated rings. The minimum Gasteiger partial charge on any atom is -0.497 e. The van der Waals surface area contributed by atoms with Gasteiger partial charge in [-0.05, 0) is 42.8 Å². The highest BCUT2D eigenvalue weighted by atomic mass is 19.4. The molecule has 196 valence electrons. The van der Waals surface area contributed by atoms with Crippen LogP contribution in [0.2, 0.25) is 0 Å². The third kappa shape index (κ3) is 5.79. The molecule has 1 N–H and O–H groups in total. The number of alkyl halides is 3. The molecule has 0 aromatic heterocycles. The number of ether oxygens (including phenoxy) is 2. The predicted molar refractivity (Wildman–Crippen MR) is 127 cm³/mol. The van der Waals surface area contributed by atoms with Crippen LogP contribution in [0.25, 0.3) is 0 Å². The van der Waals surface area contributed by atoms with Crippen LogP contribution >= 0.6 is 0 Å². The van der Waals surface area contributed by atoms with Gasteiger partial charge in [0.05, 0.1) is 29.2 Å². The van der Waals surface area contributed by atoms with E-state index in [0.717, 1.165) is 0 Å². The van der Waals surface area contributed by atoms with Crippen molar-refractivity contribution in [3.8, 4) is 11.5 Å². The Hall–Kier alpha value is -3.17. The number of benzene rings is 2. The van der Waals surface area contributed by atoms with Gasteiger partial charge in [0.1, 0.15) is 23.4 Å².